The number of aryl methyl sites for hydroxylation is 2. The fourth-order valence-corrected chi connectivity index (χ4v) is 2.59. The molecular weight excluding hydrogens is 260 g/mol. The summed E-state index contributed by atoms with van der Waals surface area (Å²) in [7, 11) is 0. The fourth-order valence-electron chi connectivity index (χ4n) is 1.86. The van der Waals surface area contributed by atoms with Crippen LogP contribution in [-0.4, -0.2) is 21.1 Å². The van der Waals surface area contributed by atoms with Gasteiger partial charge in [-0.05, 0) is 26.7 Å². The molecule has 0 unspecified atom stereocenters. The highest BCUT2D eigenvalue weighted by Gasteiger charge is 2.09. The van der Waals surface area contributed by atoms with Gasteiger partial charge >= 0.3 is 0 Å². The van der Waals surface area contributed by atoms with E-state index in [0.29, 0.717) is 5.92 Å². The quantitative estimate of drug-likeness (QED) is 0.822. The molecule has 0 radical (unpaired) electrons. The van der Waals surface area contributed by atoms with Gasteiger partial charge in [-0.2, -0.15) is 4.37 Å². The van der Waals surface area contributed by atoms with Crippen molar-refractivity contribution >= 4 is 16.7 Å². The van der Waals surface area contributed by atoms with E-state index in [1.165, 1.54) is 17.1 Å². The van der Waals surface area contributed by atoms with Crippen molar-refractivity contribution in [3.8, 4) is 0 Å². The SMILES string of the molecule is Cc1noc(C)c1CCCNc1nc(C(C)C)ns1. The van der Waals surface area contributed by atoms with Gasteiger partial charge in [0.05, 0.1) is 5.69 Å². The van der Waals surface area contributed by atoms with Gasteiger partial charge in [0.1, 0.15) is 11.6 Å². The third-order valence-corrected chi connectivity index (χ3v) is 3.71. The molecule has 0 saturated carbocycles. The molecule has 2 aromatic rings. The zero-order valence-corrected chi connectivity index (χ0v) is 12.7. The van der Waals surface area contributed by atoms with E-state index in [2.05, 4.69) is 33.7 Å². The smallest absolute Gasteiger partial charge is 0.202 e. The summed E-state index contributed by atoms with van der Waals surface area (Å²) in [6.45, 7) is 9.03. The van der Waals surface area contributed by atoms with Crippen molar-refractivity contribution in [3.63, 3.8) is 0 Å². The second kappa shape index (κ2) is 6.14. The van der Waals surface area contributed by atoms with Gasteiger partial charge < -0.3 is 9.84 Å². The average Bonchev–Trinajstić information content (AvgIpc) is 2.95. The first-order valence-electron chi connectivity index (χ1n) is 6.57. The molecule has 2 aromatic heterocycles. The monoisotopic (exact) mass is 280 g/mol. The Bertz CT molecular complexity index is 513. The minimum Gasteiger partial charge on any atom is -0.361 e. The minimum atomic E-state index is 0.383. The van der Waals surface area contributed by atoms with Crippen LogP contribution in [0.4, 0.5) is 5.13 Å². The maximum atomic E-state index is 5.15. The van der Waals surface area contributed by atoms with Crippen LogP contribution in [0.1, 0.15) is 49.0 Å². The molecule has 2 heterocycles. The number of nitrogens with one attached hydrogen (secondary N) is 1. The predicted molar refractivity (Wildman–Crippen MR) is 76.8 cm³/mol. The maximum Gasteiger partial charge on any atom is 0.202 e. The topological polar surface area (TPSA) is 63.8 Å². The zero-order valence-electron chi connectivity index (χ0n) is 11.9. The Morgan fingerprint density at radius 2 is 2.11 bits per heavy atom. The summed E-state index contributed by atoms with van der Waals surface area (Å²) in [6.07, 6.45) is 2.00. The van der Waals surface area contributed by atoms with Gasteiger partial charge in [0.25, 0.3) is 0 Å². The summed E-state index contributed by atoms with van der Waals surface area (Å²) in [6, 6.07) is 0. The van der Waals surface area contributed by atoms with Crippen LogP contribution in [0.3, 0.4) is 0 Å². The van der Waals surface area contributed by atoms with Crippen molar-refractivity contribution in [2.45, 2.75) is 46.5 Å². The molecule has 104 valence electrons. The van der Waals surface area contributed by atoms with Crippen LogP contribution in [0.2, 0.25) is 0 Å². The summed E-state index contributed by atoms with van der Waals surface area (Å²) in [5, 5.41) is 8.18. The third-order valence-electron chi connectivity index (χ3n) is 3.02. The normalized spacial score (nSPS) is 11.2. The number of anilines is 1. The number of aromatic nitrogens is 3. The van der Waals surface area contributed by atoms with E-state index >= 15 is 0 Å². The van der Waals surface area contributed by atoms with Crippen molar-refractivity contribution < 1.29 is 4.52 Å². The number of hydrogen-bond donors (Lipinski definition) is 1. The molecule has 0 atom stereocenters. The second-order valence-corrected chi connectivity index (χ2v) is 5.70. The van der Waals surface area contributed by atoms with E-state index in [1.54, 1.807) is 0 Å². The molecule has 0 aliphatic rings. The first-order valence-corrected chi connectivity index (χ1v) is 7.34. The number of nitrogens with zero attached hydrogens (tertiary/aromatic N) is 3. The van der Waals surface area contributed by atoms with Crippen LogP contribution in [0.15, 0.2) is 4.52 Å². The predicted octanol–water partition coefficient (Wildman–Crippen LogP) is 3.31. The van der Waals surface area contributed by atoms with Crippen molar-refractivity contribution in [2.75, 3.05) is 11.9 Å². The standard InChI is InChI=1S/C13H20N4OS/c1-8(2)12-15-13(19-17-12)14-7-5-6-11-9(3)16-18-10(11)4/h8H,5-7H2,1-4H3,(H,14,15,17). The Morgan fingerprint density at radius 1 is 1.32 bits per heavy atom. The lowest BCUT2D eigenvalue weighted by molar-refractivity contribution is 0.392. The van der Waals surface area contributed by atoms with Gasteiger partial charge in [0.2, 0.25) is 5.13 Å². The molecular formula is C13H20N4OS. The van der Waals surface area contributed by atoms with E-state index in [-0.39, 0.29) is 0 Å². The molecule has 1 N–H and O–H groups in total. The zero-order chi connectivity index (χ0) is 13.8. The molecule has 0 bridgehead atoms. The molecule has 0 aliphatic heterocycles. The lowest BCUT2D eigenvalue weighted by Crippen LogP contribution is -2.03. The maximum absolute atomic E-state index is 5.15. The van der Waals surface area contributed by atoms with Gasteiger partial charge in [-0.3, -0.25) is 0 Å². The molecule has 19 heavy (non-hydrogen) atoms. The van der Waals surface area contributed by atoms with Gasteiger partial charge in [0.15, 0.2) is 0 Å². The lowest BCUT2D eigenvalue weighted by atomic mass is 10.1. The summed E-state index contributed by atoms with van der Waals surface area (Å²) in [5.74, 6) is 2.22. The Hall–Kier alpha value is -1.43. The Balaban J connectivity index is 1.77. The first-order chi connectivity index (χ1) is 9.08. The van der Waals surface area contributed by atoms with Gasteiger partial charge in [-0.1, -0.05) is 19.0 Å². The van der Waals surface area contributed by atoms with Crippen LogP contribution >= 0.6 is 11.5 Å². The highest BCUT2D eigenvalue weighted by atomic mass is 32.1. The molecule has 0 aromatic carbocycles. The van der Waals surface area contributed by atoms with E-state index in [9.17, 15) is 0 Å². The average molecular weight is 280 g/mol. The third kappa shape index (κ3) is 3.53. The lowest BCUT2D eigenvalue weighted by Gasteiger charge is -2.02. The summed E-state index contributed by atoms with van der Waals surface area (Å²) >= 11 is 1.43. The van der Waals surface area contributed by atoms with E-state index in [0.717, 1.165) is 41.8 Å². The summed E-state index contributed by atoms with van der Waals surface area (Å²) < 4.78 is 9.47. The van der Waals surface area contributed by atoms with Crippen LogP contribution in [0.25, 0.3) is 0 Å². The van der Waals surface area contributed by atoms with E-state index in [1.807, 2.05) is 13.8 Å². The first kappa shape index (κ1) is 14.0. The molecule has 0 spiro atoms. The highest BCUT2D eigenvalue weighted by Crippen LogP contribution is 2.18. The molecule has 0 fully saturated rings. The second-order valence-electron chi connectivity index (χ2n) is 4.95. The summed E-state index contributed by atoms with van der Waals surface area (Å²) in [4.78, 5) is 4.44. The molecule has 2 rings (SSSR count). The van der Waals surface area contributed by atoms with Gasteiger partial charge in [0, 0.05) is 29.6 Å². The largest absolute Gasteiger partial charge is 0.361 e. The number of hydrogen-bond acceptors (Lipinski definition) is 6. The van der Waals surface area contributed by atoms with Crippen molar-refractivity contribution in [3.05, 3.63) is 22.8 Å². The van der Waals surface area contributed by atoms with Crippen LogP contribution in [-0.2, 0) is 6.42 Å². The summed E-state index contributed by atoms with van der Waals surface area (Å²) in [5.41, 5.74) is 2.22. The Kier molecular flexibility index (Phi) is 4.52. The molecule has 0 aliphatic carbocycles. The molecule has 0 amide bonds. The molecule has 5 nitrogen and oxygen atoms in total. The van der Waals surface area contributed by atoms with Gasteiger partial charge in [-0.25, -0.2) is 4.98 Å². The van der Waals surface area contributed by atoms with Crippen molar-refractivity contribution in [1.29, 1.82) is 0 Å². The van der Waals surface area contributed by atoms with Crippen LogP contribution in [0.5, 0.6) is 0 Å². The Morgan fingerprint density at radius 3 is 2.68 bits per heavy atom. The van der Waals surface area contributed by atoms with E-state index in [4.69, 9.17) is 4.52 Å². The van der Waals surface area contributed by atoms with Gasteiger partial charge in [-0.15, -0.1) is 0 Å². The Labute approximate surface area is 117 Å². The fraction of sp³-hybridized carbons (Fsp3) is 0.615. The van der Waals surface area contributed by atoms with Crippen molar-refractivity contribution in [2.24, 2.45) is 0 Å². The van der Waals surface area contributed by atoms with Crippen molar-refractivity contribution in [1.82, 2.24) is 14.5 Å². The van der Waals surface area contributed by atoms with Crippen LogP contribution < -0.4 is 5.32 Å². The molecule has 6 heteroatoms. The van der Waals surface area contributed by atoms with Crippen LogP contribution in [0, 0.1) is 13.8 Å². The molecule has 0 saturated heterocycles. The van der Waals surface area contributed by atoms with E-state index < -0.39 is 0 Å². The number of rotatable bonds is 6. The highest BCUT2D eigenvalue weighted by molar-refractivity contribution is 7.09. The minimum absolute atomic E-state index is 0.383.